The van der Waals surface area contributed by atoms with E-state index in [-0.39, 0.29) is 4.90 Å². The second-order valence-electron chi connectivity index (χ2n) is 5.94. The Kier molecular flexibility index (Phi) is 6.56. The quantitative estimate of drug-likeness (QED) is 0.233. The Morgan fingerprint density at radius 1 is 1.27 bits per heavy atom. The van der Waals surface area contributed by atoms with Crippen molar-refractivity contribution in [2.45, 2.75) is 37.0 Å². The average Bonchev–Trinajstić information content (AvgIpc) is 2.50. The number of hydrogen-bond donors (Lipinski definition) is 1. The monoisotopic (exact) mass is 385 g/mol. The number of carboxylic acids is 1. The lowest BCUT2D eigenvalue weighted by molar-refractivity contribution is -0.399. The van der Waals surface area contributed by atoms with Crippen LogP contribution in [0.1, 0.15) is 20.8 Å². The van der Waals surface area contributed by atoms with E-state index in [0.29, 0.717) is 11.8 Å². The van der Waals surface area contributed by atoms with Crippen LogP contribution in [-0.4, -0.2) is 44.1 Å². The Balaban J connectivity index is 3.40. The highest BCUT2D eigenvalue weighted by atomic mass is 32.2. The zero-order chi connectivity index (χ0) is 20.1. The molecule has 0 aliphatic rings. The zero-order valence-electron chi connectivity index (χ0n) is 14.0. The summed E-state index contributed by atoms with van der Waals surface area (Å²) in [4.78, 5) is 45.9. The summed E-state index contributed by atoms with van der Waals surface area (Å²) in [6.07, 6.45) is 1.11. The van der Waals surface area contributed by atoms with Crippen molar-refractivity contribution in [3.63, 3.8) is 0 Å². The van der Waals surface area contributed by atoms with Gasteiger partial charge in [-0.2, -0.15) is 4.99 Å². The molecule has 0 aromatic heterocycles. The van der Waals surface area contributed by atoms with Gasteiger partial charge in [-0.3, -0.25) is 20.2 Å². The number of nitro benzene ring substituents is 2. The summed E-state index contributed by atoms with van der Waals surface area (Å²) < 4.78 is 5.36. The molecule has 12 heteroatoms. The number of ether oxygens (including phenoxy) is 1. The van der Waals surface area contributed by atoms with Crippen LogP contribution < -0.4 is 0 Å². The number of benzene rings is 1. The Morgan fingerprint density at radius 2 is 1.77 bits per heavy atom. The molecule has 0 radical (unpaired) electrons. The number of isocyanates is 1. The van der Waals surface area contributed by atoms with Crippen LogP contribution in [0.3, 0.4) is 0 Å². The summed E-state index contributed by atoms with van der Waals surface area (Å²) >= 11 is 0.484. The summed E-state index contributed by atoms with van der Waals surface area (Å²) in [6, 6.07) is 3.23. The predicted molar refractivity (Wildman–Crippen MR) is 89.8 cm³/mol. The van der Waals surface area contributed by atoms with Gasteiger partial charge in [-0.25, -0.2) is 9.59 Å². The number of rotatable bonds is 8. The second kappa shape index (κ2) is 8.04. The SMILES string of the molecule is CC(C)(C)O[C@](CSc1c([N+](=O)[O-])cccc1[N+](=O)[O-])(N=C=O)C(=O)O. The maximum Gasteiger partial charge on any atom is 0.361 e. The Hall–Kier alpha value is -2.82. The first-order valence-electron chi connectivity index (χ1n) is 7.01. The minimum atomic E-state index is -2.41. The highest BCUT2D eigenvalue weighted by Gasteiger charge is 2.45. The van der Waals surface area contributed by atoms with Crippen molar-refractivity contribution in [1.82, 2.24) is 0 Å². The fourth-order valence-corrected chi connectivity index (χ4v) is 3.10. The standard InChI is InChI=1S/C14H15N3O8S/c1-13(2,3)25-14(12(19)20,15-8-18)7-26-11-9(16(21)22)5-4-6-10(11)17(23)24/h4-6H,7H2,1-3H3,(H,19,20)/t14-/m0/s1. The zero-order valence-corrected chi connectivity index (χ0v) is 14.8. The van der Waals surface area contributed by atoms with Crippen LogP contribution in [0.2, 0.25) is 0 Å². The largest absolute Gasteiger partial charge is 0.478 e. The van der Waals surface area contributed by atoms with Gasteiger partial charge < -0.3 is 9.84 Å². The maximum absolute atomic E-state index is 11.7. The van der Waals surface area contributed by atoms with Crippen molar-refractivity contribution in [1.29, 1.82) is 0 Å². The first-order valence-corrected chi connectivity index (χ1v) is 7.99. The van der Waals surface area contributed by atoms with E-state index < -0.39 is 44.3 Å². The van der Waals surface area contributed by atoms with Gasteiger partial charge in [-0.1, -0.05) is 0 Å². The number of nitrogens with zero attached hydrogens (tertiary/aromatic N) is 3. The van der Waals surface area contributed by atoms with Crippen LogP contribution >= 0.6 is 11.8 Å². The molecule has 140 valence electrons. The number of carbonyl (C=O) groups excluding carboxylic acids is 1. The van der Waals surface area contributed by atoms with Gasteiger partial charge in [0.25, 0.3) is 17.1 Å². The van der Waals surface area contributed by atoms with Crippen molar-refractivity contribution in [2.75, 3.05) is 5.75 Å². The Labute approximate surface area is 151 Å². The molecular formula is C14H15N3O8S. The number of aliphatic carboxylic acids is 1. The molecule has 1 atom stereocenters. The van der Waals surface area contributed by atoms with E-state index in [1.54, 1.807) is 0 Å². The van der Waals surface area contributed by atoms with Crippen LogP contribution in [-0.2, 0) is 14.3 Å². The van der Waals surface area contributed by atoms with Crippen LogP contribution in [0, 0.1) is 20.2 Å². The number of nitro groups is 2. The number of thioether (sulfide) groups is 1. The highest BCUT2D eigenvalue weighted by Crippen LogP contribution is 2.40. The smallest absolute Gasteiger partial charge is 0.361 e. The van der Waals surface area contributed by atoms with Crippen LogP contribution in [0.5, 0.6) is 0 Å². The van der Waals surface area contributed by atoms with Crippen molar-refractivity contribution in [3.8, 4) is 0 Å². The fourth-order valence-electron chi connectivity index (χ4n) is 1.94. The predicted octanol–water partition coefficient (Wildman–Crippen LogP) is 2.53. The van der Waals surface area contributed by atoms with Gasteiger partial charge in [-0.15, -0.1) is 11.8 Å². The third-order valence-electron chi connectivity index (χ3n) is 2.81. The van der Waals surface area contributed by atoms with Gasteiger partial charge in [0.2, 0.25) is 6.08 Å². The van der Waals surface area contributed by atoms with E-state index in [9.17, 15) is 34.9 Å². The van der Waals surface area contributed by atoms with E-state index in [1.807, 2.05) is 0 Å². The van der Waals surface area contributed by atoms with Crippen LogP contribution in [0.4, 0.5) is 11.4 Å². The fraction of sp³-hybridized carbons (Fsp3) is 0.429. The van der Waals surface area contributed by atoms with E-state index in [0.717, 1.165) is 24.3 Å². The third-order valence-corrected chi connectivity index (χ3v) is 4.06. The molecule has 1 rings (SSSR count). The molecule has 0 aliphatic heterocycles. The molecule has 26 heavy (non-hydrogen) atoms. The summed E-state index contributed by atoms with van der Waals surface area (Å²) in [5.74, 6) is -2.26. The highest BCUT2D eigenvalue weighted by molar-refractivity contribution is 7.99. The first-order chi connectivity index (χ1) is 11.9. The minimum Gasteiger partial charge on any atom is -0.478 e. The summed E-state index contributed by atoms with van der Waals surface area (Å²) in [6.45, 7) is 4.55. The van der Waals surface area contributed by atoms with Crippen molar-refractivity contribution in [2.24, 2.45) is 4.99 Å². The Bertz CT molecular complexity index is 749. The van der Waals surface area contributed by atoms with Crippen LogP contribution in [0.25, 0.3) is 0 Å². The molecule has 0 amide bonds. The van der Waals surface area contributed by atoms with E-state index in [2.05, 4.69) is 4.99 Å². The molecule has 11 nitrogen and oxygen atoms in total. The lowest BCUT2D eigenvalue weighted by atomic mass is 10.1. The molecule has 1 N–H and O–H groups in total. The molecule has 0 heterocycles. The van der Waals surface area contributed by atoms with E-state index in [4.69, 9.17) is 4.74 Å². The number of aliphatic imine (C=N–C) groups is 1. The van der Waals surface area contributed by atoms with Gasteiger partial charge >= 0.3 is 5.97 Å². The summed E-state index contributed by atoms with van der Waals surface area (Å²) in [5, 5.41) is 31.8. The molecule has 1 aromatic carbocycles. The first kappa shape index (κ1) is 21.2. The normalized spacial score (nSPS) is 13.3. The lowest BCUT2D eigenvalue weighted by Gasteiger charge is -2.31. The van der Waals surface area contributed by atoms with Gasteiger partial charge in [0.1, 0.15) is 0 Å². The number of carbonyl (C=O) groups is 1. The average molecular weight is 385 g/mol. The molecule has 0 spiro atoms. The van der Waals surface area contributed by atoms with E-state index >= 15 is 0 Å². The topological polar surface area (TPSA) is 162 Å². The van der Waals surface area contributed by atoms with Crippen LogP contribution in [0.15, 0.2) is 28.1 Å². The second-order valence-corrected chi connectivity index (χ2v) is 6.92. The van der Waals surface area contributed by atoms with Gasteiger partial charge in [-0.05, 0) is 26.8 Å². The third kappa shape index (κ3) is 5.09. The lowest BCUT2D eigenvalue weighted by Crippen LogP contribution is -2.47. The molecule has 0 bridgehead atoms. The molecule has 0 fully saturated rings. The molecule has 0 unspecified atom stereocenters. The number of hydrogen-bond acceptors (Lipinski definition) is 9. The minimum absolute atomic E-state index is 0.369. The van der Waals surface area contributed by atoms with E-state index in [1.165, 1.54) is 20.8 Å². The number of carboxylic acid groups (broad SMARTS) is 1. The summed E-state index contributed by atoms with van der Waals surface area (Å²) in [5.41, 5.74) is -4.61. The van der Waals surface area contributed by atoms with Gasteiger partial charge in [0.15, 0.2) is 4.90 Å². The van der Waals surface area contributed by atoms with Gasteiger partial charge in [0, 0.05) is 12.1 Å². The van der Waals surface area contributed by atoms with Crippen molar-refractivity contribution >= 4 is 35.2 Å². The van der Waals surface area contributed by atoms with Gasteiger partial charge in [0.05, 0.1) is 21.2 Å². The summed E-state index contributed by atoms with van der Waals surface area (Å²) in [7, 11) is 0. The molecular weight excluding hydrogens is 370 g/mol. The maximum atomic E-state index is 11.7. The molecule has 0 saturated carbocycles. The molecule has 0 saturated heterocycles. The molecule has 0 aliphatic carbocycles. The van der Waals surface area contributed by atoms with Crippen molar-refractivity contribution in [3.05, 3.63) is 38.4 Å². The van der Waals surface area contributed by atoms with Crippen molar-refractivity contribution < 1.29 is 29.3 Å². The Morgan fingerprint density at radius 3 is 2.12 bits per heavy atom. The molecule has 1 aromatic rings.